The molecule has 20 heavy (non-hydrogen) atoms. The van der Waals surface area contributed by atoms with Crippen LogP contribution in [0.2, 0.25) is 0 Å². The van der Waals surface area contributed by atoms with E-state index >= 15 is 0 Å². The zero-order chi connectivity index (χ0) is 14.8. The Morgan fingerprint density at radius 3 is 2.60 bits per heavy atom. The highest BCUT2D eigenvalue weighted by Gasteiger charge is 2.38. The van der Waals surface area contributed by atoms with Crippen molar-refractivity contribution in [2.75, 3.05) is 19.6 Å². The van der Waals surface area contributed by atoms with Crippen LogP contribution in [-0.2, 0) is 20.5 Å². The molecule has 2 N–H and O–H groups in total. The predicted octanol–water partition coefficient (Wildman–Crippen LogP) is 0.955. The number of sulfonamides is 1. The van der Waals surface area contributed by atoms with Gasteiger partial charge in [-0.25, -0.2) is 8.42 Å². The Labute approximate surface area is 120 Å². The Morgan fingerprint density at radius 2 is 2.00 bits per heavy atom. The van der Waals surface area contributed by atoms with E-state index in [1.165, 1.54) is 4.31 Å². The maximum Gasteiger partial charge on any atom is 0.218 e. The predicted molar refractivity (Wildman–Crippen MR) is 78.6 cm³/mol. The highest BCUT2D eigenvalue weighted by atomic mass is 32.2. The van der Waals surface area contributed by atoms with Crippen LogP contribution in [0.25, 0.3) is 0 Å². The first-order chi connectivity index (χ1) is 9.32. The number of hydrogen-bond donors (Lipinski definition) is 1. The van der Waals surface area contributed by atoms with Crippen LogP contribution in [-0.4, -0.2) is 44.1 Å². The fourth-order valence-electron chi connectivity index (χ4n) is 2.45. The SMILES string of the molecule is CC1(C)CN(S(=O)(=O)Cc2ccccc2)CC(CN)O1. The van der Waals surface area contributed by atoms with Gasteiger partial charge in [0.15, 0.2) is 0 Å². The molecule has 1 aliphatic heterocycles. The quantitative estimate of drug-likeness (QED) is 0.898. The molecule has 1 aromatic carbocycles. The first kappa shape index (κ1) is 15.4. The smallest absolute Gasteiger partial charge is 0.218 e. The summed E-state index contributed by atoms with van der Waals surface area (Å²) in [5.74, 6) is 0.0151. The molecule has 1 fully saturated rings. The number of nitrogens with two attached hydrogens (primary N) is 1. The van der Waals surface area contributed by atoms with E-state index in [1.54, 1.807) is 0 Å². The average molecular weight is 298 g/mol. The van der Waals surface area contributed by atoms with Crippen molar-refractivity contribution in [2.45, 2.75) is 31.3 Å². The number of morpholine rings is 1. The number of nitrogens with zero attached hydrogens (tertiary/aromatic N) is 1. The minimum absolute atomic E-state index is 0.0151. The van der Waals surface area contributed by atoms with Gasteiger partial charge in [0.05, 0.1) is 17.5 Å². The standard InChI is InChI=1S/C14H22N2O3S/c1-14(2)11-16(9-13(8-15)19-14)20(17,18)10-12-6-4-3-5-7-12/h3-7,13H,8-11,15H2,1-2H3. The molecular weight excluding hydrogens is 276 g/mol. The first-order valence-electron chi connectivity index (χ1n) is 6.72. The molecule has 0 saturated carbocycles. The van der Waals surface area contributed by atoms with Crippen LogP contribution in [0.1, 0.15) is 19.4 Å². The zero-order valence-corrected chi connectivity index (χ0v) is 12.8. The molecule has 1 aromatic rings. The molecule has 2 rings (SSSR count). The second-order valence-corrected chi connectivity index (χ2v) is 7.74. The molecule has 5 nitrogen and oxygen atoms in total. The molecule has 1 unspecified atom stereocenters. The van der Waals surface area contributed by atoms with Crippen molar-refractivity contribution < 1.29 is 13.2 Å². The summed E-state index contributed by atoms with van der Waals surface area (Å²) in [6.45, 7) is 4.79. The molecule has 1 atom stereocenters. The molecule has 112 valence electrons. The van der Waals surface area contributed by atoms with Crippen molar-refractivity contribution in [3.8, 4) is 0 Å². The summed E-state index contributed by atoms with van der Waals surface area (Å²) in [6.07, 6.45) is -0.246. The van der Waals surface area contributed by atoms with E-state index in [9.17, 15) is 8.42 Å². The summed E-state index contributed by atoms with van der Waals surface area (Å²) in [4.78, 5) is 0. The molecule has 1 aliphatic rings. The van der Waals surface area contributed by atoms with Gasteiger partial charge < -0.3 is 10.5 Å². The van der Waals surface area contributed by atoms with E-state index in [1.807, 2.05) is 44.2 Å². The van der Waals surface area contributed by atoms with Crippen LogP contribution in [0.15, 0.2) is 30.3 Å². The highest BCUT2D eigenvalue weighted by Crippen LogP contribution is 2.24. The third-order valence-electron chi connectivity index (χ3n) is 3.30. The van der Waals surface area contributed by atoms with Crippen molar-refractivity contribution in [2.24, 2.45) is 5.73 Å². The lowest BCUT2D eigenvalue weighted by Crippen LogP contribution is -2.56. The van der Waals surface area contributed by atoms with Crippen LogP contribution < -0.4 is 5.73 Å². The lowest BCUT2D eigenvalue weighted by Gasteiger charge is -2.41. The lowest BCUT2D eigenvalue weighted by atomic mass is 10.1. The molecule has 1 saturated heterocycles. The van der Waals surface area contributed by atoms with Crippen LogP contribution >= 0.6 is 0 Å². The Hall–Kier alpha value is -0.950. The number of rotatable bonds is 4. The number of hydrogen-bond acceptors (Lipinski definition) is 4. The van der Waals surface area contributed by atoms with E-state index in [0.29, 0.717) is 19.6 Å². The van der Waals surface area contributed by atoms with E-state index in [2.05, 4.69) is 0 Å². The first-order valence-corrected chi connectivity index (χ1v) is 8.33. The van der Waals surface area contributed by atoms with Crippen molar-refractivity contribution in [1.29, 1.82) is 0 Å². The summed E-state index contributed by atoms with van der Waals surface area (Å²) in [5, 5.41) is 0. The topological polar surface area (TPSA) is 72.6 Å². The Bertz CT molecular complexity index is 543. The molecule has 6 heteroatoms. The van der Waals surface area contributed by atoms with Gasteiger partial charge in [0, 0.05) is 19.6 Å². The van der Waals surface area contributed by atoms with E-state index in [4.69, 9.17) is 10.5 Å². The molecule has 1 heterocycles. The fourth-order valence-corrected chi connectivity index (χ4v) is 4.15. The summed E-state index contributed by atoms with van der Waals surface area (Å²) >= 11 is 0. The largest absolute Gasteiger partial charge is 0.368 e. The lowest BCUT2D eigenvalue weighted by molar-refractivity contribution is -0.112. The minimum Gasteiger partial charge on any atom is -0.368 e. The van der Waals surface area contributed by atoms with Gasteiger partial charge in [0.2, 0.25) is 10.0 Å². The van der Waals surface area contributed by atoms with Crippen LogP contribution in [0.5, 0.6) is 0 Å². The second kappa shape index (κ2) is 5.81. The number of benzene rings is 1. The molecule has 0 amide bonds. The molecule has 0 spiro atoms. The van der Waals surface area contributed by atoms with E-state index in [0.717, 1.165) is 5.56 Å². The van der Waals surface area contributed by atoms with Gasteiger partial charge in [0.1, 0.15) is 0 Å². The maximum atomic E-state index is 12.5. The number of ether oxygens (including phenoxy) is 1. The third kappa shape index (κ3) is 3.79. The van der Waals surface area contributed by atoms with Gasteiger partial charge in [-0.1, -0.05) is 30.3 Å². The molecule has 0 aliphatic carbocycles. The van der Waals surface area contributed by atoms with Gasteiger partial charge in [-0.2, -0.15) is 4.31 Å². The monoisotopic (exact) mass is 298 g/mol. The summed E-state index contributed by atoms with van der Waals surface area (Å²) < 4.78 is 32.3. The fraction of sp³-hybridized carbons (Fsp3) is 0.571. The summed E-state index contributed by atoms with van der Waals surface area (Å²) in [5.41, 5.74) is 5.92. The minimum atomic E-state index is -3.35. The maximum absolute atomic E-state index is 12.5. The highest BCUT2D eigenvalue weighted by molar-refractivity contribution is 7.88. The normalized spacial score (nSPS) is 23.6. The van der Waals surface area contributed by atoms with Crippen LogP contribution in [0.3, 0.4) is 0 Å². The van der Waals surface area contributed by atoms with Crippen molar-refractivity contribution in [3.05, 3.63) is 35.9 Å². The van der Waals surface area contributed by atoms with E-state index < -0.39 is 15.6 Å². The Balaban J connectivity index is 2.16. The Morgan fingerprint density at radius 1 is 1.35 bits per heavy atom. The van der Waals surface area contributed by atoms with Gasteiger partial charge in [-0.3, -0.25) is 0 Å². The molecule has 0 bridgehead atoms. The van der Waals surface area contributed by atoms with Gasteiger partial charge in [-0.15, -0.1) is 0 Å². The van der Waals surface area contributed by atoms with Crippen LogP contribution in [0.4, 0.5) is 0 Å². The third-order valence-corrected chi connectivity index (χ3v) is 5.06. The van der Waals surface area contributed by atoms with Gasteiger partial charge >= 0.3 is 0 Å². The van der Waals surface area contributed by atoms with Crippen molar-refractivity contribution >= 4 is 10.0 Å². The van der Waals surface area contributed by atoms with Crippen molar-refractivity contribution in [3.63, 3.8) is 0 Å². The van der Waals surface area contributed by atoms with E-state index in [-0.39, 0.29) is 11.9 Å². The molecule has 0 aromatic heterocycles. The summed E-state index contributed by atoms with van der Waals surface area (Å²) in [7, 11) is -3.35. The Kier molecular flexibility index (Phi) is 4.49. The second-order valence-electron chi connectivity index (χ2n) is 5.77. The molecule has 0 radical (unpaired) electrons. The van der Waals surface area contributed by atoms with Gasteiger partial charge in [-0.05, 0) is 19.4 Å². The zero-order valence-electron chi connectivity index (χ0n) is 12.0. The van der Waals surface area contributed by atoms with Crippen molar-refractivity contribution in [1.82, 2.24) is 4.31 Å². The molecular formula is C14H22N2O3S. The van der Waals surface area contributed by atoms with Crippen LogP contribution in [0, 0.1) is 0 Å². The van der Waals surface area contributed by atoms with Gasteiger partial charge in [0.25, 0.3) is 0 Å². The summed E-state index contributed by atoms with van der Waals surface area (Å²) in [6, 6.07) is 9.21. The average Bonchev–Trinajstić information content (AvgIpc) is 2.37.